The lowest BCUT2D eigenvalue weighted by molar-refractivity contribution is 0.322. The summed E-state index contributed by atoms with van der Waals surface area (Å²) < 4.78 is 16.1. The van der Waals surface area contributed by atoms with Crippen LogP contribution < -0.4 is 19.9 Å². The van der Waals surface area contributed by atoms with Gasteiger partial charge in [-0.2, -0.15) is 0 Å². The summed E-state index contributed by atoms with van der Waals surface area (Å²) in [6.07, 6.45) is 2.37. The lowest BCUT2D eigenvalue weighted by atomic mass is 10.1. The molecule has 1 aromatic carbocycles. The van der Waals surface area contributed by atoms with Crippen molar-refractivity contribution < 1.29 is 14.2 Å². The number of benzene rings is 1. The van der Waals surface area contributed by atoms with Crippen molar-refractivity contribution in [2.45, 2.75) is 25.4 Å². The molecule has 6 nitrogen and oxygen atoms in total. The average Bonchev–Trinajstić information content (AvgIpc) is 3.35. The lowest BCUT2D eigenvalue weighted by Crippen LogP contribution is -2.35. The Morgan fingerprint density at radius 2 is 1.86 bits per heavy atom. The van der Waals surface area contributed by atoms with Crippen molar-refractivity contribution in [3.63, 3.8) is 0 Å². The van der Waals surface area contributed by atoms with E-state index < -0.39 is 0 Å². The second-order valence-electron chi connectivity index (χ2n) is 5.01. The standard InChI is InChI=1S/C15H23N3O3/c1-18(11-6-7-11)15(16)17-9-10-5-8-12(19-2)14(21-4)13(10)20-3/h5,8,11H,6-7,9H2,1-4H3,(H2,16,17). The Morgan fingerprint density at radius 1 is 1.19 bits per heavy atom. The van der Waals surface area contributed by atoms with E-state index in [1.54, 1.807) is 21.3 Å². The molecule has 0 bridgehead atoms. The molecular weight excluding hydrogens is 270 g/mol. The molecule has 0 saturated heterocycles. The van der Waals surface area contributed by atoms with Crippen LogP contribution in [0.3, 0.4) is 0 Å². The van der Waals surface area contributed by atoms with Crippen molar-refractivity contribution in [1.29, 1.82) is 0 Å². The van der Waals surface area contributed by atoms with Gasteiger partial charge in [0.05, 0.1) is 27.9 Å². The van der Waals surface area contributed by atoms with Crippen LogP contribution in [0.25, 0.3) is 0 Å². The van der Waals surface area contributed by atoms with Gasteiger partial charge < -0.3 is 24.8 Å². The van der Waals surface area contributed by atoms with Gasteiger partial charge in [0.2, 0.25) is 5.75 Å². The fourth-order valence-electron chi connectivity index (χ4n) is 2.21. The molecule has 2 rings (SSSR count). The van der Waals surface area contributed by atoms with Gasteiger partial charge >= 0.3 is 0 Å². The minimum Gasteiger partial charge on any atom is -0.493 e. The first kappa shape index (κ1) is 15.3. The number of guanidine groups is 1. The van der Waals surface area contributed by atoms with Crippen molar-refractivity contribution in [2.75, 3.05) is 28.4 Å². The van der Waals surface area contributed by atoms with E-state index in [2.05, 4.69) is 4.99 Å². The molecule has 0 aromatic heterocycles. The second kappa shape index (κ2) is 6.56. The van der Waals surface area contributed by atoms with Crippen LogP contribution in [0.15, 0.2) is 17.1 Å². The van der Waals surface area contributed by atoms with Gasteiger partial charge in [-0.05, 0) is 25.0 Å². The molecule has 1 aliphatic carbocycles. The number of hydrogen-bond donors (Lipinski definition) is 1. The van der Waals surface area contributed by atoms with Crippen LogP contribution in [-0.4, -0.2) is 45.3 Å². The molecule has 0 unspecified atom stereocenters. The third-order valence-corrected chi connectivity index (χ3v) is 3.65. The van der Waals surface area contributed by atoms with Crippen molar-refractivity contribution in [3.8, 4) is 17.2 Å². The Balaban J connectivity index is 2.21. The maximum atomic E-state index is 6.00. The summed E-state index contributed by atoms with van der Waals surface area (Å²) in [5.41, 5.74) is 6.91. The molecule has 0 amide bonds. The van der Waals surface area contributed by atoms with Gasteiger partial charge in [0, 0.05) is 18.7 Å². The largest absolute Gasteiger partial charge is 0.493 e. The normalized spacial score (nSPS) is 14.8. The molecular formula is C15H23N3O3. The molecule has 21 heavy (non-hydrogen) atoms. The van der Waals surface area contributed by atoms with Crippen LogP contribution in [0.2, 0.25) is 0 Å². The van der Waals surface area contributed by atoms with Crippen molar-refractivity contribution in [2.24, 2.45) is 10.7 Å². The summed E-state index contributed by atoms with van der Waals surface area (Å²) in [6, 6.07) is 4.29. The Labute approximate surface area is 125 Å². The van der Waals surface area contributed by atoms with Crippen molar-refractivity contribution in [3.05, 3.63) is 17.7 Å². The highest BCUT2D eigenvalue weighted by atomic mass is 16.5. The zero-order valence-corrected chi connectivity index (χ0v) is 13.0. The van der Waals surface area contributed by atoms with Crippen LogP contribution in [0, 0.1) is 0 Å². The first-order chi connectivity index (χ1) is 10.1. The third kappa shape index (κ3) is 3.32. The van der Waals surface area contributed by atoms with E-state index in [-0.39, 0.29) is 0 Å². The Hall–Kier alpha value is -2.11. The smallest absolute Gasteiger partial charge is 0.203 e. The van der Waals surface area contributed by atoms with Crippen LogP contribution in [0.5, 0.6) is 17.2 Å². The summed E-state index contributed by atoms with van der Waals surface area (Å²) in [5.74, 6) is 2.38. The van der Waals surface area contributed by atoms with Crippen LogP contribution in [0.1, 0.15) is 18.4 Å². The summed E-state index contributed by atoms with van der Waals surface area (Å²) >= 11 is 0. The number of aliphatic imine (C=N–C) groups is 1. The molecule has 2 N–H and O–H groups in total. The highest BCUT2D eigenvalue weighted by molar-refractivity contribution is 5.78. The Bertz CT molecular complexity index is 527. The predicted octanol–water partition coefficient (Wildman–Crippen LogP) is 1.62. The Kier molecular flexibility index (Phi) is 4.77. The molecule has 1 fully saturated rings. The quantitative estimate of drug-likeness (QED) is 0.637. The lowest BCUT2D eigenvalue weighted by Gasteiger charge is -2.18. The zero-order valence-electron chi connectivity index (χ0n) is 13.0. The molecule has 116 valence electrons. The van der Waals surface area contributed by atoms with Crippen LogP contribution >= 0.6 is 0 Å². The van der Waals surface area contributed by atoms with E-state index in [0.717, 1.165) is 5.56 Å². The number of methoxy groups -OCH3 is 3. The summed E-state index contributed by atoms with van der Waals surface area (Å²) in [6.45, 7) is 0.437. The molecule has 0 radical (unpaired) electrons. The molecule has 1 aromatic rings. The number of rotatable bonds is 6. The van der Waals surface area contributed by atoms with E-state index >= 15 is 0 Å². The number of ether oxygens (including phenoxy) is 3. The summed E-state index contributed by atoms with van der Waals surface area (Å²) in [7, 11) is 6.76. The van der Waals surface area contributed by atoms with Gasteiger partial charge in [-0.25, -0.2) is 4.99 Å². The van der Waals surface area contributed by atoms with E-state index in [0.29, 0.717) is 35.8 Å². The number of nitrogens with two attached hydrogens (primary N) is 1. The van der Waals surface area contributed by atoms with E-state index in [4.69, 9.17) is 19.9 Å². The van der Waals surface area contributed by atoms with Gasteiger partial charge in [-0.15, -0.1) is 0 Å². The topological polar surface area (TPSA) is 69.3 Å². The minimum absolute atomic E-state index is 0.437. The highest BCUT2D eigenvalue weighted by Gasteiger charge is 2.27. The molecule has 6 heteroatoms. The maximum Gasteiger partial charge on any atom is 0.203 e. The highest BCUT2D eigenvalue weighted by Crippen LogP contribution is 2.40. The predicted molar refractivity (Wildman–Crippen MR) is 82.2 cm³/mol. The second-order valence-corrected chi connectivity index (χ2v) is 5.01. The van der Waals surface area contributed by atoms with Gasteiger partial charge in [-0.3, -0.25) is 0 Å². The van der Waals surface area contributed by atoms with Crippen molar-refractivity contribution >= 4 is 5.96 Å². The molecule has 1 saturated carbocycles. The fraction of sp³-hybridized carbons (Fsp3) is 0.533. The fourth-order valence-corrected chi connectivity index (χ4v) is 2.21. The number of hydrogen-bond acceptors (Lipinski definition) is 4. The van der Waals surface area contributed by atoms with Gasteiger partial charge in [0.15, 0.2) is 17.5 Å². The molecule has 1 aliphatic rings. The summed E-state index contributed by atoms with van der Waals surface area (Å²) in [4.78, 5) is 6.46. The third-order valence-electron chi connectivity index (χ3n) is 3.65. The molecule has 0 aliphatic heterocycles. The van der Waals surface area contributed by atoms with Crippen molar-refractivity contribution in [1.82, 2.24) is 4.90 Å². The van der Waals surface area contributed by atoms with E-state index in [1.165, 1.54) is 12.8 Å². The first-order valence-electron chi connectivity index (χ1n) is 6.93. The van der Waals surface area contributed by atoms with Gasteiger partial charge in [0.1, 0.15) is 0 Å². The van der Waals surface area contributed by atoms with Crippen LogP contribution in [0.4, 0.5) is 0 Å². The molecule has 0 spiro atoms. The molecule has 0 atom stereocenters. The Morgan fingerprint density at radius 3 is 2.38 bits per heavy atom. The average molecular weight is 293 g/mol. The first-order valence-corrected chi connectivity index (χ1v) is 6.93. The summed E-state index contributed by atoms with van der Waals surface area (Å²) in [5, 5.41) is 0. The number of nitrogens with zero attached hydrogens (tertiary/aromatic N) is 2. The minimum atomic E-state index is 0.437. The van der Waals surface area contributed by atoms with E-state index in [9.17, 15) is 0 Å². The van der Waals surface area contributed by atoms with Gasteiger partial charge in [0.25, 0.3) is 0 Å². The maximum absolute atomic E-state index is 6.00. The molecule has 0 heterocycles. The SMILES string of the molecule is COc1ccc(CN=C(N)N(C)C2CC2)c(OC)c1OC. The van der Waals surface area contributed by atoms with Crippen LogP contribution in [-0.2, 0) is 6.54 Å². The zero-order chi connectivity index (χ0) is 15.4. The monoisotopic (exact) mass is 293 g/mol. The van der Waals surface area contributed by atoms with E-state index in [1.807, 2.05) is 24.1 Å². The van der Waals surface area contributed by atoms with Gasteiger partial charge in [-0.1, -0.05) is 0 Å².